The highest BCUT2D eigenvalue weighted by molar-refractivity contribution is 6.05. The molecule has 0 saturated carbocycles. The Bertz CT molecular complexity index is 934. The van der Waals surface area contributed by atoms with Crippen LogP contribution in [0.2, 0.25) is 0 Å². The first-order valence-corrected chi connectivity index (χ1v) is 9.26. The van der Waals surface area contributed by atoms with E-state index in [2.05, 4.69) is 49.5 Å². The SMILES string of the molecule is CCC1N=C(Nc2nc(-c3ccccc3)cc(-c3ccccc3)n2)C=C1C. The fourth-order valence-corrected chi connectivity index (χ4v) is 3.23. The Morgan fingerprint density at radius 2 is 1.41 bits per heavy atom. The smallest absolute Gasteiger partial charge is 0.229 e. The van der Waals surface area contributed by atoms with Crippen LogP contribution in [-0.4, -0.2) is 21.8 Å². The monoisotopic (exact) mass is 354 g/mol. The lowest BCUT2D eigenvalue weighted by molar-refractivity contribution is 0.756. The first-order chi connectivity index (χ1) is 13.2. The summed E-state index contributed by atoms with van der Waals surface area (Å²) in [4.78, 5) is 14.2. The minimum Gasteiger partial charge on any atom is -0.309 e. The summed E-state index contributed by atoms with van der Waals surface area (Å²) in [6.07, 6.45) is 3.07. The fourth-order valence-electron chi connectivity index (χ4n) is 3.23. The molecule has 0 spiro atoms. The molecule has 2 aromatic carbocycles. The average molecular weight is 354 g/mol. The maximum Gasteiger partial charge on any atom is 0.229 e. The highest BCUT2D eigenvalue weighted by Crippen LogP contribution is 2.25. The van der Waals surface area contributed by atoms with E-state index in [0.717, 1.165) is 34.8 Å². The zero-order valence-electron chi connectivity index (χ0n) is 15.6. The van der Waals surface area contributed by atoms with Gasteiger partial charge in [0.15, 0.2) is 0 Å². The summed E-state index contributed by atoms with van der Waals surface area (Å²) >= 11 is 0. The van der Waals surface area contributed by atoms with E-state index in [1.165, 1.54) is 5.57 Å². The number of anilines is 1. The minimum atomic E-state index is 0.249. The Morgan fingerprint density at radius 1 is 0.852 bits per heavy atom. The summed E-state index contributed by atoms with van der Waals surface area (Å²) in [5.41, 5.74) is 5.16. The van der Waals surface area contributed by atoms with Crippen molar-refractivity contribution >= 4 is 11.8 Å². The van der Waals surface area contributed by atoms with E-state index < -0.39 is 0 Å². The second-order valence-corrected chi connectivity index (χ2v) is 6.65. The van der Waals surface area contributed by atoms with Gasteiger partial charge in [-0.3, -0.25) is 4.99 Å². The standard InChI is InChI=1S/C23H22N4/c1-3-19-16(2)14-22(24-19)27-23-25-20(17-10-6-4-7-11-17)15-21(26-23)18-12-8-5-9-13-18/h4-15,19H,3H2,1-2H3,(H,24,25,26,27). The summed E-state index contributed by atoms with van der Waals surface area (Å²) in [7, 11) is 0. The molecule has 27 heavy (non-hydrogen) atoms. The molecule has 134 valence electrons. The number of nitrogens with zero attached hydrogens (tertiary/aromatic N) is 3. The number of aliphatic imine (C=N–C) groups is 1. The van der Waals surface area contributed by atoms with Crippen LogP contribution in [-0.2, 0) is 0 Å². The summed E-state index contributed by atoms with van der Waals surface area (Å²) in [5, 5.41) is 3.31. The van der Waals surface area contributed by atoms with Gasteiger partial charge in [-0.2, -0.15) is 0 Å². The first-order valence-electron chi connectivity index (χ1n) is 9.26. The molecule has 4 rings (SSSR count). The molecule has 1 N–H and O–H groups in total. The highest BCUT2D eigenvalue weighted by atomic mass is 15.1. The molecule has 0 aliphatic carbocycles. The normalized spacial score (nSPS) is 16.0. The van der Waals surface area contributed by atoms with Gasteiger partial charge in [-0.05, 0) is 31.1 Å². The molecule has 1 aliphatic rings. The molecule has 1 atom stereocenters. The maximum atomic E-state index is 4.74. The molecule has 0 amide bonds. The van der Waals surface area contributed by atoms with E-state index in [-0.39, 0.29) is 6.04 Å². The van der Waals surface area contributed by atoms with Crippen LogP contribution in [0.25, 0.3) is 22.5 Å². The number of rotatable bonds is 4. The van der Waals surface area contributed by atoms with Crippen molar-refractivity contribution in [3.63, 3.8) is 0 Å². The molecule has 3 aromatic rings. The molecule has 2 heterocycles. The average Bonchev–Trinajstić information content (AvgIpc) is 3.08. The van der Waals surface area contributed by atoms with Gasteiger partial charge < -0.3 is 5.32 Å². The lowest BCUT2D eigenvalue weighted by Gasteiger charge is -2.10. The second kappa shape index (κ2) is 7.54. The van der Waals surface area contributed by atoms with Gasteiger partial charge in [0.1, 0.15) is 5.84 Å². The molecular formula is C23H22N4. The van der Waals surface area contributed by atoms with Crippen LogP contribution in [0.5, 0.6) is 0 Å². The third-order valence-electron chi connectivity index (χ3n) is 4.68. The van der Waals surface area contributed by atoms with Gasteiger partial charge in [-0.15, -0.1) is 0 Å². The highest BCUT2D eigenvalue weighted by Gasteiger charge is 2.17. The van der Waals surface area contributed by atoms with E-state index in [9.17, 15) is 0 Å². The number of nitrogens with one attached hydrogen (secondary N) is 1. The number of hydrogen-bond acceptors (Lipinski definition) is 4. The molecule has 1 aliphatic heterocycles. The van der Waals surface area contributed by atoms with Gasteiger partial charge in [0.2, 0.25) is 5.95 Å². The van der Waals surface area contributed by atoms with Crippen LogP contribution in [0, 0.1) is 0 Å². The molecular weight excluding hydrogens is 332 g/mol. The van der Waals surface area contributed by atoms with Gasteiger partial charge in [-0.1, -0.05) is 67.6 Å². The van der Waals surface area contributed by atoms with Crippen molar-refractivity contribution in [1.29, 1.82) is 0 Å². The quantitative estimate of drug-likeness (QED) is 0.686. The van der Waals surface area contributed by atoms with Gasteiger partial charge in [0, 0.05) is 11.1 Å². The van der Waals surface area contributed by atoms with Crippen LogP contribution >= 0.6 is 0 Å². The van der Waals surface area contributed by atoms with Crippen molar-refractivity contribution in [2.24, 2.45) is 4.99 Å². The van der Waals surface area contributed by atoms with Crippen LogP contribution in [0.3, 0.4) is 0 Å². The van der Waals surface area contributed by atoms with Crippen molar-refractivity contribution in [1.82, 2.24) is 9.97 Å². The largest absolute Gasteiger partial charge is 0.309 e. The number of aromatic nitrogens is 2. The van der Waals surface area contributed by atoms with Gasteiger partial charge >= 0.3 is 0 Å². The van der Waals surface area contributed by atoms with E-state index in [1.54, 1.807) is 0 Å². The van der Waals surface area contributed by atoms with Crippen molar-refractivity contribution in [3.8, 4) is 22.5 Å². The Labute approximate surface area is 159 Å². The zero-order valence-corrected chi connectivity index (χ0v) is 15.6. The summed E-state index contributed by atoms with van der Waals surface area (Å²) < 4.78 is 0. The number of hydrogen-bond donors (Lipinski definition) is 1. The molecule has 0 radical (unpaired) electrons. The lowest BCUT2D eigenvalue weighted by atomic mass is 10.1. The molecule has 4 heteroatoms. The van der Waals surface area contributed by atoms with Crippen molar-refractivity contribution in [2.75, 3.05) is 5.32 Å². The first kappa shape index (κ1) is 17.2. The lowest BCUT2D eigenvalue weighted by Crippen LogP contribution is -2.11. The van der Waals surface area contributed by atoms with Crippen LogP contribution < -0.4 is 5.32 Å². The fraction of sp³-hybridized carbons (Fsp3) is 0.174. The molecule has 0 saturated heterocycles. The zero-order chi connectivity index (χ0) is 18.6. The Morgan fingerprint density at radius 3 is 1.89 bits per heavy atom. The van der Waals surface area contributed by atoms with Crippen molar-refractivity contribution in [2.45, 2.75) is 26.3 Å². The maximum absolute atomic E-state index is 4.74. The summed E-state index contributed by atoms with van der Waals surface area (Å²) in [6, 6.07) is 22.6. The second-order valence-electron chi connectivity index (χ2n) is 6.65. The van der Waals surface area contributed by atoms with Crippen molar-refractivity contribution < 1.29 is 0 Å². The predicted molar refractivity (Wildman–Crippen MR) is 112 cm³/mol. The van der Waals surface area contributed by atoms with Crippen molar-refractivity contribution in [3.05, 3.63) is 78.4 Å². The number of benzene rings is 2. The third kappa shape index (κ3) is 3.80. The predicted octanol–water partition coefficient (Wildman–Crippen LogP) is 5.36. The van der Waals surface area contributed by atoms with E-state index in [4.69, 9.17) is 15.0 Å². The Kier molecular flexibility index (Phi) is 4.79. The Hall–Kier alpha value is -3.27. The van der Waals surface area contributed by atoms with Crippen LogP contribution in [0.1, 0.15) is 20.3 Å². The van der Waals surface area contributed by atoms with E-state index >= 15 is 0 Å². The van der Waals surface area contributed by atoms with Crippen LogP contribution in [0.15, 0.2) is 83.4 Å². The molecule has 0 fully saturated rings. The Balaban J connectivity index is 1.75. The van der Waals surface area contributed by atoms with E-state index in [0.29, 0.717) is 5.95 Å². The molecule has 1 unspecified atom stereocenters. The topological polar surface area (TPSA) is 50.2 Å². The summed E-state index contributed by atoms with van der Waals surface area (Å²) in [6.45, 7) is 4.26. The minimum absolute atomic E-state index is 0.249. The van der Waals surface area contributed by atoms with Gasteiger partial charge in [-0.25, -0.2) is 9.97 Å². The summed E-state index contributed by atoms with van der Waals surface area (Å²) in [5.74, 6) is 1.39. The van der Waals surface area contributed by atoms with Gasteiger partial charge in [0.25, 0.3) is 0 Å². The molecule has 0 bridgehead atoms. The number of amidine groups is 1. The molecule has 4 nitrogen and oxygen atoms in total. The van der Waals surface area contributed by atoms with Crippen LogP contribution in [0.4, 0.5) is 5.95 Å². The van der Waals surface area contributed by atoms with Gasteiger partial charge in [0.05, 0.1) is 17.4 Å². The molecule has 1 aromatic heterocycles. The van der Waals surface area contributed by atoms with E-state index in [1.807, 2.05) is 42.5 Å². The third-order valence-corrected chi connectivity index (χ3v) is 4.68.